The molecular formula is C15H19BrClNO. The molecule has 2 unspecified atom stereocenters. The lowest BCUT2D eigenvalue weighted by Gasteiger charge is -2.31. The quantitative estimate of drug-likeness (QED) is 0.838. The molecule has 2 atom stereocenters. The van der Waals surface area contributed by atoms with Crippen LogP contribution < -0.4 is 5.32 Å². The molecule has 19 heavy (non-hydrogen) atoms. The standard InChI is InChI=1S/C15H19BrClNO/c1-2-10-6-3-4-9-13(10)18-15(19)11-7-5-8-12(16)14(11)17/h5,7-8,10,13H,2-4,6,9H2,1H3,(H,18,19). The van der Waals surface area contributed by atoms with Gasteiger partial charge in [-0.25, -0.2) is 0 Å². The van der Waals surface area contributed by atoms with Crippen LogP contribution in [0.2, 0.25) is 5.02 Å². The van der Waals surface area contributed by atoms with Gasteiger partial charge in [-0.2, -0.15) is 0 Å². The first-order valence-corrected chi connectivity index (χ1v) is 8.05. The second kappa shape index (κ2) is 6.76. The Kier molecular flexibility index (Phi) is 5.28. The fourth-order valence-electron chi connectivity index (χ4n) is 2.81. The molecule has 0 heterocycles. The van der Waals surface area contributed by atoms with Crippen LogP contribution in [0.1, 0.15) is 49.4 Å². The Hall–Kier alpha value is -0.540. The normalized spacial score (nSPS) is 23.1. The van der Waals surface area contributed by atoms with Crippen molar-refractivity contribution in [2.45, 2.75) is 45.1 Å². The molecule has 2 nitrogen and oxygen atoms in total. The topological polar surface area (TPSA) is 29.1 Å². The molecule has 1 fully saturated rings. The van der Waals surface area contributed by atoms with E-state index >= 15 is 0 Å². The molecule has 4 heteroatoms. The molecular weight excluding hydrogens is 326 g/mol. The van der Waals surface area contributed by atoms with Crippen LogP contribution >= 0.6 is 27.5 Å². The molecule has 1 aromatic rings. The van der Waals surface area contributed by atoms with Gasteiger partial charge in [0.1, 0.15) is 0 Å². The van der Waals surface area contributed by atoms with Crippen molar-refractivity contribution in [2.24, 2.45) is 5.92 Å². The Morgan fingerprint density at radius 2 is 2.16 bits per heavy atom. The number of carbonyl (C=O) groups excluding carboxylic acids is 1. The summed E-state index contributed by atoms with van der Waals surface area (Å²) < 4.78 is 0.762. The van der Waals surface area contributed by atoms with Gasteiger partial charge in [-0.15, -0.1) is 0 Å². The highest BCUT2D eigenvalue weighted by molar-refractivity contribution is 9.10. The second-order valence-electron chi connectivity index (χ2n) is 5.13. The van der Waals surface area contributed by atoms with E-state index in [9.17, 15) is 4.79 Å². The van der Waals surface area contributed by atoms with Crippen molar-refractivity contribution in [1.82, 2.24) is 5.32 Å². The highest BCUT2D eigenvalue weighted by Crippen LogP contribution is 2.29. The van der Waals surface area contributed by atoms with Crippen molar-refractivity contribution in [3.8, 4) is 0 Å². The molecule has 0 bridgehead atoms. The first-order chi connectivity index (χ1) is 9.13. The summed E-state index contributed by atoms with van der Waals surface area (Å²) in [4.78, 5) is 12.3. The van der Waals surface area contributed by atoms with Crippen LogP contribution in [0.25, 0.3) is 0 Å². The van der Waals surface area contributed by atoms with E-state index in [2.05, 4.69) is 28.2 Å². The fraction of sp³-hybridized carbons (Fsp3) is 0.533. The average Bonchev–Trinajstić information content (AvgIpc) is 2.42. The molecule has 1 aliphatic carbocycles. The first-order valence-electron chi connectivity index (χ1n) is 6.88. The molecule has 0 saturated heterocycles. The van der Waals surface area contributed by atoms with Crippen molar-refractivity contribution in [3.05, 3.63) is 33.3 Å². The second-order valence-corrected chi connectivity index (χ2v) is 6.37. The number of benzene rings is 1. The van der Waals surface area contributed by atoms with Gasteiger partial charge in [0.15, 0.2) is 0 Å². The molecule has 1 saturated carbocycles. The summed E-state index contributed by atoms with van der Waals surface area (Å²) in [5, 5.41) is 3.65. The molecule has 1 N–H and O–H groups in total. The lowest BCUT2D eigenvalue weighted by Crippen LogP contribution is -2.42. The van der Waals surface area contributed by atoms with Gasteiger partial charge in [0.05, 0.1) is 10.6 Å². The van der Waals surface area contributed by atoms with Crippen LogP contribution in [0.4, 0.5) is 0 Å². The monoisotopic (exact) mass is 343 g/mol. The van der Waals surface area contributed by atoms with Gasteiger partial charge in [-0.1, -0.05) is 43.9 Å². The Morgan fingerprint density at radius 3 is 2.89 bits per heavy atom. The molecule has 0 aliphatic heterocycles. The number of amides is 1. The van der Waals surface area contributed by atoms with E-state index in [0.717, 1.165) is 17.3 Å². The van der Waals surface area contributed by atoms with E-state index in [1.165, 1.54) is 19.3 Å². The van der Waals surface area contributed by atoms with E-state index in [1.807, 2.05) is 12.1 Å². The van der Waals surface area contributed by atoms with E-state index in [-0.39, 0.29) is 5.91 Å². The number of rotatable bonds is 3. The summed E-state index contributed by atoms with van der Waals surface area (Å²) >= 11 is 9.52. The van der Waals surface area contributed by atoms with Crippen LogP contribution in [0, 0.1) is 5.92 Å². The smallest absolute Gasteiger partial charge is 0.253 e. The Morgan fingerprint density at radius 1 is 1.42 bits per heavy atom. The SMILES string of the molecule is CCC1CCCCC1NC(=O)c1cccc(Br)c1Cl. The zero-order valence-electron chi connectivity index (χ0n) is 11.1. The Labute approximate surface area is 128 Å². The summed E-state index contributed by atoms with van der Waals surface area (Å²) in [6, 6.07) is 5.74. The predicted octanol–water partition coefficient (Wildman–Crippen LogP) is 4.80. The van der Waals surface area contributed by atoms with Gasteiger partial charge in [0.2, 0.25) is 0 Å². The van der Waals surface area contributed by atoms with E-state index < -0.39 is 0 Å². The number of hydrogen-bond acceptors (Lipinski definition) is 1. The van der Waals surface area contributed by atoms with E-state index in [0.29, 0.717) is 22.5 Å². The molecule has 0 spiro atoms. The Bertz CT molecular complexity index is 463. The minimum atomic E-state index is -0.0587. The maximum Gasteiger partial charge on any atom is 0.253 e. The molecule has 1 aliphatic rings. The minimum Gasteiger partial charge on any atom is -0.349 e. The zero-order valence-corrected chi connectivity index (χ0v) is 13.4. The molecule has 0 radical (unpaired) electrons. The van der Waals surface area contributed by atoms with Crippen LogP contribution in [0.5, 0.6) is 0 Å². The Balaban J connectivity index is 2.09. The van der Waals surface area contributed by atoms with Crippen LogP contribution in [0.3, 0.4) is 0 Å². The van der Waals surface area contributed by atoms with Crippen molar-refractivity contribution < 1.29 is 4.79 Å². The van der Waals surface area contributed by atoms with Crippen molar-refractivity contribution in [1.29, 1.82) is 0 Å². The number of nitrogens with one attached hydrogen (secondary N) is 1. The number of halogens is 2. The van der Waals surface area contributed by atoms with Gasteiger partial charge < -0.3 is 5.32 Å². The summed E-state index contributed by atoms with van der Waals surface area (Å²) in [6.07, 6.45) is 5.90. The van der Waals surface area contributed by atoms with E-state index in [1.54, 1.807) is 6.07 Å². The molecule has 0 aromatic heterocycles. The predicted molar refractivity (Wildman–Crippen MR) is 82.7 cm³/mol. The van der Waals surface area contributed by atoms with Crippen LogP contribution in [0.15, 0.2) is 22.7 Å². The lowest BCUT2D eigenvalue weighted by atomic mass is 9.83. The number of hydrogen-bond donors (Lipinski definition) is 1. The van der Waals surface area contributed by atoms with Crippen LogP contribution in [-0.4, -0.2) is 11.9 Å². The minimum absolute atomic E-state index is 0.0587. The maximum absolute atomic E-state index is 12.3. The third-order valence-electron chi connectivity index (χ3n) is 3.95. The molecule has 2 rings (SSSR count). The van der Waals surface area contributed by atoms with Gasteiger partial charge in [0.25, 0.3) is 5.91 Å². The van der Waals surface area contributed by atoms with E-state index in [4.69, 9.17) is 11.6 Å². The van der Waals surface area contributed by atoms with Crippen molar-refractivity contribution in [2.75, 3.05) is 0 Å². The van der Waals surface area contributed by atoms with Crippen molar-refractivity contribution in [3.63, 3.8) is 0 Å². The highest BCUT2D eigenvalue weighted by Gasteiger charge is 2.26. The average molecular weight is 345 g/mol. The van der Waals surface area contributed by atoms with Crippen molar-refractivity contribution >= 4 is 33.4 Å². The summed E-state index contributed by atoms with van der Waals surface area (Å²) in [6.45, 7) is 2.20. The first kappa shape index (κ1) is 14.9. The van der Waals surface area contributed by atoms with Gasteiger partial charge in [0, 0.05) is 10.5 Å². The lowest BCUT2D eigenvalue weighted by molar-refractivity contribution is 0.0905. The zero-order chi connectivity index (χ0) is 13.8. The summed E-state index contributed by atoms with van der Waals surface area (Å²) in [5.41, 5.74) is 0.552. The molecule has 1 aromatic carbocycles. The van der Waals surface area contributed by atoms with Gasteiger partial charge >= 0.3 is 0 Å². The van der Waals surface area contributed by atoms with Crippen LogP contribution in [-0.2, 0) is 0 Å². The number of carbonyl (C=O) groups is 1. The summed E-state index contributed by atoms with van der Waals surface area (Å²) in [5.74, 6) is 0.542. The highest BCUT2D eigenvalue weighted by atomic mass is 79.9. The molecule has 104 valence electrons. The maximum atomic E-state index is 12.3. The fourth-order valence-corrected chi connectivity index (χ4v) is 3.39. The summed E-state index contributed by atoms with van der Waals surface area (Å²) in [7, 11) is 0. The third kappa shape index (κ3) is 3.51. The molecule has 1 amide bonds. The third-order valence-corrected chi connectivity index (χ3v) is 5.24. The largest absolute Gasteiger partial charge is 0.349 e. The van der Waals surface area contributed by atoms with Gasteiger partial charge in [-0.05, 0) is 46.8 Å². The van der Waals surface area contributed by atoms with Gasteiger partial charge in [-0.3, -0.25) is 4.79 Å².